The molecule has 0 unspecified atom stereocenters. The fourth-order valence-electron chi connectivity index (χ4n) is 5.60. The number of carbonyl (C=O) groups is 1. The van der Waals surface area contributed by atoms with Gasteiger partial charge >= 0.3 is 5.97 Å². The van der Waals surface area contributed by atoms with Gasteiger partial charge in [0.25, 0.3) is 0 Å². The van der Waals surface area contributed by atoms with E-state index in [1.54, 1.807) is 0 Å². The molecule has 5 heteroatoms. The second-order valence-electron chi connectivity index (χ2n) is 9.87. The average Bonchev–Trinajstić information content (AvgIpc) is 3.28. The minimum atomic E-state index is -0.877. The Kier molecular flexibility index (Phi) is 8.16. The molecule has 200 valence electrons. The maximum Gasteiger partial charge on any atom is 0.352 e. The summed E-state index contributed by atoms with van der Waals surface area (Å²) in [5.74, 6) is -0.0161. The van der Waals surface area contributed by atoms with Gasteiger partial charge in [0.2, 0.25) is 0 Å². The first-order chi connectivity index (χ1) is 19.1. The van der Waals surface area contributed by atoms with Crippen molar-refractivity contribution in [2.45, 2.75) is 46.1 Å². The van der Waals surface area contributed by atoms with Crippen LogP contribution >= 0.6 is 0 Å². The monoisotopic (exact) mass is 520 g/mol. The van der Waals surface area contributed by atoms with E-state index in [1.807, 2.05) is 47.0 Å². The van der Waals surface area contributed by atoms with Crippen molar-refractivity contribution in [1.82, 2.24) is 4.57 Å². The Morgan fingerprint density at radius 1 is 0.846 bits per heavy atom. The van der Waals surface area contributed by atoms with E-state index in [4.69, 9.17) is 4.74 Å². The number of benzene rings is 4. The fourth-order valence-corrected chi connectivity index (χ4v) is 5.60. The highest BCUT2D eigenvalue weighted by atomic mass is 16.5. The number of para-hydroxylation sites is 2. The lowest BCUT2D eigenvalue weighted by Gasteiger charge is -2.26. The summed E-state index contributed by atoms with van der Waals surface area (Å²) >= 11 is 0. The highest BCUT2D eigenvalue weighted by Gasteiger charge is 2.25. The summed E-state index contributed by atoms with van der Waals surface area (Å²) in [5.41, 5.74) is 4.44. The maximum atomic E-state index is 12.7. The van der Waals surface area contributed by atoms with Gasteiger partial charge in [0.05, 0.1) is 17.8 Å². The summed E-state index contributed by atoms with van der Waals surface area (Å²) in [7, 11) is 0. The Labute approximate surface area is 230 Å². The summed E-state index contributed by atoms with van der Waals surface area (Å²) in [6.07, 6.45) is 3.17. The molecule has 0 aliphatic carbocycles. The summed E-state index contributed by atoms with van der Waals surface area (Å²) in [6, 6.07) is 30.9. The van der Waals surface area contributed by atoms with Gasteiger partial charge in [-0.15, -0.1) is 0 Å². The molecule has 5 aromatic rings. The van der Waals surface area contributed by atoms with Crippen molar-refractivity contribution in [3.05, 3.63) is 102 Å². The van der Waals surface area contributed by atoms with Gasteiger partial charge in [0.1, 0.15) is 11.4 Å². The van der Waals surface area contributed by atoms with Gasteiger partial charge in [-0.3, -0.25) is 0 Å². The summed E-state index contributed by atoms with van der Waals surface area (Å²) in [4.78, 5) is 15.0. The van der Waals surface area contributed by atoms with E-state index in [2.05, 4.69) is 67.3 Å². The van der Waals surface area contributed by atoms with Crippen molar-refractivity contribution in [3.8, 4) is 5.75 Å². The number of fused-ring (bicyclic) bond motifs is 2. The first-order valence-corrected chi connectivity index (χ1v) is 13.9. The molecule has 0 amide bonds. The van der Waals surface area contributed by atoms with Crippen molar-refractivity contribution in [3.63, 3.8) is 0 Å². The Hall–Kier alpha value is -4.25. The standard InChI is InChI=1S/C34H36N2O3/c1-3-22-35(26-15-6-5-7-16-26)30-20-11-18-28-29(33(34(37)38)36(23-4-2)32(28)30)19-12-24-39-31-21-10-14-25-13-8-9-17-27(25)31/h5-11,13-18,20-21H,3-4,12,19,22-24H2,1-2H3,(H,37,38). The zero-order valence-electron chi connectivity index (χ0n) is 22.8. The lowest BCUT2D eigenvalue weighted by Crippen LogP contribution is -2.19. The number of carboxylic acids is 1. The van der Waals surface area contributed by atoms with Crippen molar-refractivity contribution in [2.24, 2.45) is 0 Å². The molecular weight excluding hydrogens is 484 g/mol. The Balaban J connectivity index is 1.51. The second kappa shape index (κ2) is 12.1. The number of aryl methyl sites for hydroxylation is 2. The predicted molar refractivity (Wildman–Crippen MR) is 161 cm³/mol. The molecule has 4 aromatic carbocycles. The lowest BCUT2D eigenvalue weighted by molar-refractivity contribution is 0.0684. The highest BCUT2D eigenvalue weighted by molar-refractivity contribution is 6.03. The van der Waals surface area contributed by atoms with Crippen LogP contribution in [0, 0.1) is 0 Å². The van der Waals surface area contributed by atoms with E-state index >= 15 is 0 Å². The van der Waals surface area contributed by atoms with E-state index in [0.717, 1.165) is 70.2 Å². The van der Waals surface area contributed by atoms with Crippen LogP contribution in [0.15, 0.2) is 91.0 Å². The quantitative estimate of drug-likeness (QED) is 0.168. The van der Waals surface area contributed by atoms with E-state index in [9.17, 15) is 9.90 Å². The SMILES string of the molecule is CCCN(c1ccccc1)c1cccc2c(CCCOc3cccc4ccccc34)c(C(=O)O)n(CCC)c12. The third kappa shape index (κ3) is 5.35. The third-order valence-corrected chi connectivity index (χ3v) is 7.20. The molecule has 0 atom stereocenters. The topological polar surface area (TPSA) is 54.7 Å². The molecule has 0 aliphatic heterocycles. The molecule has 5 rings (SSSR count). The largest absolute Gasteiger partial charge is 0.493 e. The molecule has 0 saturated heterocycles. The fraction of sp³-hybridized carbons (Fsp3) is 0.265. The summed E-state index contributed by atoms with van der Waals surface area (Å²) in [5, 5.41) is 13.7. The van der Waals surface area contributed by atoms with Crippen LogP contribution < -0.4 is 9.64 Å². The van der Waals surface area contributed by atoms with Crippen molar-refractivity contribution in [2.75, 3.05) is 18.1 Å². The minimum Gasteiger partial charge on any atom is -0.493 e. The van der Waals surface area contributed by atoms with Gasteiger partial charge in [0, 0.05) is 29.5 Å². The molecule has 0 aliphatic rings. The number of hydrogen-bond acceptors (Lipinski definition) is 3. The Bertz CT molecular complexity index is 1570. The highest BCUT2D eigenvalue weighted by Crippen LogP contribution is 2.38. The van der Waals surface area contributed by atoms with Crippen LogP contribution in [0.2, 0.25) is 0 Å². The van der Waals surface area contributed by atoms with Crippen LogP contribution in [-0.2, 0) is 13.0 Å². The maximum absolute atomic E-state index is 12.7. The number of hydrogen-bond donors (Lipinski definition) is 1. The molecule has 1 N–H and O–H groups in total. The molecule has 0 saturated carbocycles. The third-order valence-electron chi connectivity index (χ3n) is 7.20. The second-order valence-corrected chi connectivity index (χ2v) is 9.87. The molecule has 5 nitrogen and oxygen atoms in total. The Morgan fingerprint density at radius 2 is 1.56 bits per heavy atom. The van der Waals surface area contributed by atoms with Gasteiger partial charge in [0.15, 0.2) is 0 Å². The molecular formula is C34H36N2O3. The number of anilines is 2. The molecule has 39 heavy (non-hydrogen) atoms. The Morgan fingerprint density at radius 3 is 2.33 bits per heavy atom. The van der Waals surface area contributed by atoms with Gasteiger partial charge in [-0.05, 0) is 60.9 Å². The number of aromatic carboxylic acids is 1. The number of nitrogens with zero attached hydrogens (tertiary/aromatic N) is 2. The molecule has 0 spiro atoms. The average molecular weight is 521 g/mol. The van der Waals surface area contributed by atoms with Crippen LogP contribution in [-0.4, -0.2) is 28.8 Å². The number of carboxylic acid groups (broad SMARTS) is 1. The summed E-state index contributed by atoms with van der Waals surface area (Å²) < 4.78 is 8.22. The normalized spacial score (nSPS) is 11.2. The molecule has 0 radical (unpaired) electrons. The lowest BCUT2D eigenvalue weighted by atomic mass is 10.0. The van der Waals surface area contributed by atoms with Gasteiger partial charge in [-0.1, -0.05) is 80.6 Å². The molecule has 0 fully saturated rings. The first-order valence-electron chi connectivity index (χ1n) is 13.9. The van der Waals surface area contributed by atoms with Gasteiger partial charge < -0.3 is 19.3 Å². The van der Waals surface area contributed by atoms with E-state index in [1.165, 1.54) is 0 Å². The van der Waals surface area contributed by atoms with Gasteiger partial charge in [-0.25, -0.2) is 4.79 Å². The molecule has 1 aromatic heterocycles. The number of aromatic nitrogens is 1. The predicted octanol–water partition coefficient (Wildman–Crippen LogP) is 8.46. The van der Waals surface area contributed by atoms with Crippen molar-refractivity contribution < 1.29 is 14.6 Å². The van der Waals surface area contributed by atoms with Crippen molar-refractivity contribution >= 4 is 39.0 Å². The van der Waals surface area contributed by atoms with Crippen LogP contribution in [0.25, 0.3) is 21.7 Å². The smallest absolute Gasteiger partial charge is 0.352 e. The zero-order valence-corrected chi connectivity index (χ0v) is 22.8. The van der Waals surface area contributed by atoms with Crippen LogP contribution in [0.3, 0.4) is 0 Å². The van der Waals surface area contributed by atoms with Crippen LogP contribution in [0.1, 0.15) is 49.2 Å². The van der Waals surface area contributed by atoms with Crippen molar-refractivity contribution in [1.29, 1.82) is 0 Å². The molecule has 0 bridgehead atoms. The van der Waals surface area contributed by atoms with Crippen LogP contribution in [0.4, 0.5) is 11.4 Å². The van der Waals surface area contributed by atoms with Crippen LogP contribution in [0.5, 0.6) is 5.75 Å². The zero-order chi connectivity index (χ0) is 27.2. The number of rotatable bonds is 12. The van der Waals surface area contributed by atoms with Gasteiger partial charge in [-0.2, -0.15) is 0 Å². The number of ether oxygens (including phenoxy) is 1. The first kappa shape index (κ1) is 26.4. The van der Waals surface area contributed by atoms with E-state index in [-0.39, 0.29) is 0 Å². The summed E-state index contributed by atoms with van der Waals surface area (Å²) in [6.45, 7) is 6.27. The van der Waals surface area contributed by atoms with E-state index in [0.29, 0.717) is 25.3 Å². The minimum absolute atomic E-state index is 0.397. The molecule has 1 heterocycles. The van der Waals surface area contributed by atoms with E-state index < -0.39 is 5.97 Å².